The van der Waals surface area contributed by atoms with Crippen LogP contribution in [0.15, 0.2) is 24.3 Å². The van der Waals surface area contributed by atoms with E-state index >= 15 is 0 Å². The molecular weight excluding hydrogens is 290 g/mol. The van der Waals surface area contributed by atoms with Crippen molar-refractivity contribution in [2.45, 2.75) is 32.4 Å². The van der Waals surface area contributed by atoms with Gasteiger partial charge in [0.1, 0.15) is 0 Å². The summed E-state index contributed by atoms with van der Waals surface area (Å²) in [6, 6.07) is 8.25. The predicted octanol–water partition coefficient (Wildman–Crippen LogP) is 1.76. The van der Waals surface area contributed by atoms with E-state index in [-0.39, 0.29) is 5.91 Å². The minimum Gasteiger partial charge on any atom is -0.389 e. The molecule has 1 aromatic carbocycles. The summed E-state index contributed by atoms with van der Waals surface area (Å²) in [5.41, 5.74) is 2.84. The van der Waals surface area contributed by atoms with Crippen molar-refractivity contribution in [1.29, 1.82) is 0 Å². The van der Waals surface area contributed by atoms with Crippen LogP contribution in [0.25, 0.3) is 10.9 Å². The molecule has 0 spiro atoms. The fraction of sp³-hybridized carbons (Fsp3) is 0.500. The summed E-state index contributed by atoms with van der Waals surface area (Å²) in [5.74, 6) is 0.118. The number of H-pyrrole nitrogens is 1. The Morgan fingerprint density at radius 3 is 2.87 bits per heavy atom. The summed E-state index contributed by atoms with van der Waals surface area (Å²) in [6.07, 6.45) is 0.866. The topological polar surface area (TPSA) is 59.6 Å². The van der Waals surface area contributed by atoms with Crippen LogP contribution in [0.4, 0.5) is 0 Å². The van der Waals surface area contributed by atoms with Crippen LogP contribution in [0.3, 0.4) is 0 Å². The molecule has 124 valence electrons. The highest BCUT2D eigenvalue weighted by Gasteiger charge is 2.25. The van der Waals surface area contributed by atoms with E-state index in [1.807, 2.05) is 29.0 Å². The maximum Gasteiger partial charge on any atom is 0.237 e. The van der Waals surface area contributed by atoms with Gasteiger partial charge in [-0.05, 0) is 27.0 Å². The lowest BCUT2D eigenvalue weighted by molar-refractivity contribution is -0.133. The van der Waals surface area contributed by atoms with Gasteiger partial charge in [0.25, 0.3) is 0 Å². The Bertz CT molecular complexity index is 715. The van der Waals surface area contributed by atoms with Crippen LogP contribution in [-0.4, -0.2) is 58.1 Å². The molecule has 3 rings (SSSR count). The number of benzene rings is 1. The normalized spacial score (nSPS) is 15.3. The van der Waals surface area contributed by atoms with Gasteiger partial charge in [-0.15, -0.1) is 0 Å². The molecule has 2 N–H and O–H groups in total. The van der Waals surface area contributed by atoms with E-state index in [0.29, 0.717) is 19.6 Å². The lowest BCUT2D eigenvalue weighted by atomic mass is 10.0. The van der Waals surface area contributed by atoms with Gasteiger partial charge < -0.3 is 15.0 Å². The first-order chi connectivity index (χ1) is 10.8. The maximum atomic E-state index is 12.6. The molecule has 0 unspecified atom stereocenters. The maximum absolute atomic E-state index is 12.6. The van der Waals surface area contributed by atoms with Crippen LogP contribution in [0.1, 0.15) is 25.1 Å². The average molecular weight is 315 g/mol. The number of fused-ring (bicyclic) bond motifs is 3. The van der Waals surface area contributed by atoms with Crippen molar-refractivity contribution in [3.63, 3.8) is 0 Å². The summed E-state index contributed by atoms with van der Waals surface area (Å²) >= 11 is 0. The zero-order valence-corrected chi connectivity index (χ0v) is 14.1. The van der Waals surface area contributed by atoms with Crippen LogP contribution in [0.5, 0.6) is 0 Å². The molecule has 0 bridgehead atoms. The second-order valence-corrected chi connectivity index (χ2v) is 7.18. The fourth-order valence-corrected chi connectivity index (χ4v) is 3.43. The number of rotatable bonds is 4. The van der Waals surface area contributed by atoms with Crippen molar-refractivity contribution in [3.05, 3.63) is 35.5 Å². The van der Waals surface area contributed by atoms with Crippen molar-refractivity contribution >= 4 is 16.8 Å². The van der Waals surface area contributed by atoms with E-state index in [1.165, 1.54) is 16.6 Å². The van der Waals surface area contributed by atoms with Gasteiger partial charge in [-0.2, -0.15) is 0 Å². The van der Waals surface area contributed by atoms with E-state index in [1.54, 1.807) is 13.8 Å². The van der Waals surface area contributed by atoms with Crippen LogP contribution < -0.4 is 0 Å². The standard InChI is InChI=1S/C18H25N3O2/c1-18(2,23)12-20(3)11-17(22)21-9-8-16-14(10-21)13-6-4-5-7-15(13)19-16/h4-7,19,23H,8-12H2,1-3H3. The number of carbonyl (C=O) groups excluding carboxylic acids is 1. The van der Waals surface area contributed by atoms with Crippen LogP contribution in [-0.2, 0) is 17.8 Å². The SMILES string of the molecule is CN(CC(=O)N1CCc2[nH]c3ccccc3c2C1)CC(C)(C)O. The second-order valence-electron chi connectivity index (χ2n) is 7.18. The molecule has 23 heavy (non-hydrogen) atoms. The Hall–Kier alpha value is -1.85. The van der Waals surface area contributed by atoms with Crippen LogP contribution in [0, 0.1) is 0 Å². The number of aromatic amines is 1. The number of nitrogens with zero attached hydrogens (tertiary/aromatic N) is 2. The Morgan fingerprint density at radius 1 is 1.39 bits per heavy atom. The Morgan fingerprint density at radius 2 is 2.13 bits per heavy atom. The van der Waals surface area contributed by atoms with Crippen molar-refractivity contribution in [2.75, 3.05) is 26.7 Å². The highest BCUT2D eigenvalue weighted by atomic mass is 16.3. The number of para-hydroxylation sites is 1. The average Bonchev–Trinajstić information content (AvgIpc) is 2.82. The molecule has 5 nitrogen and oxygen atoms in total. The molecule has 1 aliphatic rings. The number of likely N-dealkylation sites (N-methyl/N-ethyl adjacent to an activating group) is 1. The third-order valence-electron chi connectivity index (χ3n) is 4.30. The van der Waals surface area contributed by atoms with Gasteiger partial charge in [0, 0.05) is 48.2 Å². The highest BCUT2D eigenvalue weighted by Crippen LogP contribution is 2.27. The van der Waals surface area contributed by atoms with Gasteiger partial charge in [-0.3, -0.25) is 9.69 Å². The number of hydrogen-bond acceptors (Lipinski definition) is 3. The molecule has 2 heterocycles. The van der Waals surface area contributed by atoms with Gasteiger partial charge in [0.05, 0.1) is 12.1 Å². The highest BCUT2D eigenvalue weighted by molar-refractivity contribution is 5.86. The van der Waals surface area contributed by atoms with E-state index < -0.39 is 5.60 Å². The third kappa shape index (κ3) is 3.57. The van der Waals surface area contributed by atoms with Crippen LogP contribution in [0.2, 0.25) is 0 Å². The Labute approximate surface area is 136 Å². The molecule has 2 aromatic rings. The lowest BCUT2D eigenvalue weighted by Crippen LogP contribution is -2.45. The first-order valence-electron chi connectivity index (χ1n) is 8.11. The fourth-order valence-electron chi connectivity index (χ4n) is 3.43. The number of nitrogens with one attached hydrogen (secondary N) is 1. The number of amides is 1. The number of hydrogen-bond donors (Lipinski definition) is 2. The summed E-state index contributed by atoms with van der Waals surface area (Å²) < 4.78 is 0. The predicted molar refractivity (Wildman–Crippen MR) is 91.2 cm³/mol. The first kappa shape index (κ1) is 16.0. The van der Waals surface area contributed by atoms with Crippen LogP contribution >= 0.6 is 0 Å². The van der Waals surface area contributed by atoms with E-state index in [0.717, 1.165) is 18.5 Å². The van der Waals surface area contributed by atoms with E-state index in [4.69, 9.17) is 0 Å². The molecule has 0 radical (unpaired) electrons. The quantitative estimate of drug-likeness (QED) is 0.904. The van der Waals surface area contributed by atoms with E-state index in [9.17, 15) is 9.90 Å². The van der Waals surface area contributed by atoms with Crippen molar-refractivity contribution < 1.29 is 9.90 Å². The van der Waals surface area contributed by atoms with Gasteiger partial charge in [0.2, 0.25) is 5.91 Å². The molecule has 1 aliphatic heterocycles. The minimum atomic E-state index is -0.791. The molecule has 1 amide bonds. The first-order valence-corrected chi connectivity index (χ1v) is 8.11. The monoisotopic (exact) mass is 315 g/mol. The molecule has 5 heteroatoms. The van der Waals surface area contributed by atoms with Gasteiger partial charge in [0.15, 0.2) is 0 Å². The molecule has 0 aliphatic carbocycles. The van der Waals surface area contributed by atoms with Crippen molar-refractivity contribution in [2.24, 2.45) is 0 Å². The lowest BCUT2D eigenvalue weighted by Gasteiger charge is -2.30. The summed E-state index contributed by atoms with van der Waals surface area (Å²) in [7, 11) is 1.87. The van der Waals surface area contributed by atoms with E-state index in [2.05, 4.69) is 17.1 Å². The van der Waals surface area contributed by atoms with Crippen molar-refractivity contribution in [1.82, 2.24) is 14.8 Å². The summed E-state index contributed by atoms with van der Waals surface area (Å²) in [5, 5.41) is 11.1. The smallest absolute Gasteiger partial charge is 0.237 e. The molecule has 0 saturated carbocycles. The second kappa shape index (κ2) is 5.98. The molecule has 0 fully saturated rings. The molecular formula is C18H25N3O2. The third-order valence-corrected chi connectivity index (χ3v) is 4.30. The summed E-state index contributed by atoms with van der Waals surface area (Å²) in [6.45, 7) is 5.73. The Balaban J connectivity index is 1.70. The van der Waals surface area contributed by atoms with Gasteiger partial charge in [-0.1, -0.05) is 18.2 Å². The minimum absolute atomic E-state index is 0.118. The molecule has 0 atom stereocenters. The zero-order valence-electron chi connectivity index (χ0n) is 14.1. The summed E-state index contributed by atoms with van der Waals surface area (Å²) in [4.78, 5) is 19.8. The molecule has 0 saturated heterocycles. The number of aromatic nitrogens is 1. The Kier molecular flexibility index (Phi) is 4.17. The number of aliphatic hydroxyl groups is 1. The molecule has 1 aromatic heterocycles. The largest absolute Gasteiger partial charge is 0.389 e. The van der Waals surface area contributed by atoms with Crippen molar-refractivity contribution in [3.8, 4) is 0 Å². The zero-order chi connectivity index (χ0) is 16.6. The number of carbonyl (C=O) groups is 1. The van der Waals surface area contributed by atoms with Gasteiger partial charge >= 0.3 is 0 Å². The van der Waals surface area contributed by atoms with Gasteiger partial charge in [-0.25, -0.2) is 0 Å².